The van der Waals surface area contributed by atoms with Gasteiger partial charge in [0.25, 0.3) is 0 Å². The molecule has 0 atom stereocenters. The maximum absolute atomic E-state index is 5.70. The fraction of sp³-hybridized carbons (Fsp3) is 0.188. The molecule has 3 aromatic rings. The summed E-state index contributed by atoms with van der Waals surface area (Å²) < 4.78 is 7.36. The standard InChI is InChI=1S/C16H17N3O/c1-20-13-8-6-12(7-9-13)19-15-5-3-2-4-14(15)18-16(19)10-11-17/h2-9H,10-11,17H2,1H3. The van der Waals surface area contributed by atoms with Crippen LogP contribution >= 0.6 is 0 Å². The fourth-order valence-corrected chi connectivity index (χ4v) is 2.39. The average Bonchev–Trinajstić information content (AvgIpc) is 2.86. The summed E-state index contributed by atoms with van der Waals surface area (Å²) >= 11 is 0. The number of hydrogen-bond acceptors (Lipinski definition) is 3. The van der Waals surface area contributed by atoms with Gasteiger partial charge in [0.05, 0.1) is 18.1 Å². The Labute approximate surface area is 117 Å². The van der Waals surface area contributed by atoms with Crippen molar-refractivity contribution in [2.24, 2.45) is 5.73 Å². The van der Waals surface area contributed by atoms with Crippen molar-refractivity contribution < 1.29 is 4.74 Å². The number of aromatic nitrogens is 2. The van der Waals surface area contributed by atoms with Crippen LogP contribution in [0.4, 0.5) is 0 Å². The van der Waals surface area contributed by atoms with E-state index in [0.717, 1.165) is 34.7 Å². The van der Waals surface area contributed by atoms with Crippen LogP contribution in [-0.2, 0) is 6.42 Å². The third-order valence-electron chi connectivity index (χ3n) is 3.33. The summed E-state index contributed by atoms with van der Waals surface area (Å²) in [5, 5.41) is 0. The van der Waals surface area contributed by atoms with Crippen LogP contribution in [0, 0.1) is 0 Å². The molecule has 0 aliphatic heterocycles. The van der Waals surface area contributed by atoms with Crippen LogP contribution in [-0.4, -0.2) is 23.2 Å². The van der Waals surface area contributed by atoms with Crippen molar-refractivity contribution in [3.05, 3.63) is 54.4 Å². The third-order valence-corrected chi connectivity index (χ3v) is 3.33. The van der Waals surface area contributed by atoms with Gasteiger partial charge in [0, 0.05) is 12.1 Å². The van der Waals surface area contributed by atoms with Crippen LogP contribution in [0.3, 0.4) is 0 Å². The molecule has 0 radical (unpaired) electrons. The number of fused-ring (bicyclic) bond motifs is 1. The number of imidazole rings is 1. The van der Waals surface area contributed by atoms with Gasteiger partial charge >= 0.3 is 0 Å². The Balaban J connectivity index is 2.18. The smallest absolute Gasteiger partial charge is 0.119 e. The molecule has 20 heavy (non-hydrogen) atoms. The topological polar surface area (TPSA) is 53.1 Å². The van der Waals surface area contributed by atoms with Crippen LogP contribution in [0.25, 0.3) is 16.7 Å². The highest BCUT2D eigenvalue weighted by Crippen LogP contribution is 2.23. The minimum atomic E-state index is 0.583. The molecule has 0 fully saturated rings. The molecule has 102 valence electrons. The summed E-state index contributed by atoms with van der Waals surface area (Å²) in [7, 11) is 1.67. The monoisotopic (exact) mass is 267 g/mol. The van der Waals surface area contributed by atoms with E-state index in [0.29, 0.717) is 6.54 Å². The number of para-hydroxylation sites is 2. The molecule has 4 heteroatoms. The molecule has 3 rings (SSSR count). The highest BCUT2D eigenvalue weighted by Gasteiger charge is 2.11. The zero-order chi connectivity index (χ0) is 13.9. The summed E-state index contributed by atoms with van der Waals surface area (Å²) in [6, 6.07) is 16.1. The lowest BCUT2D eigenvalue weighted by Crippen LogP contribution is -2.08. The minimum absolute atomic E-state index is 0.583. The minimum Gasteiger partial charge on any atom is -0.497 e. The Bertz CT molecular complexity index is 716. The van der Waals surface area contributed by atoms with Crippen molar-refractivity contribution in [3.8, 4) is 11.4 Å². The number of benzene rings is 2. The molecule has 0 amide bonds. The van der Waals surface area contributed by atoms with Gasteiger partial charge < -0.3 is 10.5 Å². The first-order valence-electron chi connectivity index (χ1n) is 6.64. The number of nitrogens with zero attached hydrogens (tertiary/aromatic N) is 2. The Hall–Kier alpha value is -2.33. The molecule has 0 aliphatic carbocycles. The largest absolute Gasteiger partial charge is 0.497 e. The normalized spacial score (nSPS) is 10.9. The van der Waals surface area contributed by atoms with Crippen molar-refractivity contribution in [1.82, 2.24) is 9.55 Å². The Morgan fingerprint density at radius 1 is 1.10 bits per heavy atom. The maximum Gasteiger partial charge on any atom is 0.119 e. The van der Waals surface area contributed by atoms with Crippen molar-refractivity contribution in [2.75, 3.05) is 13.7 Å². The molecular weight excluding hydrogens is 250 g/mol. The van der Waals surface area contributed by atoms with Crippen LogP contribution < -0.4 is 10.5 Å². The first-order valence-corrected chi connectivity index (χ1v) is 6.64. The predicted molar refractivity (Wildman–Crippen MR) is 80.4 cm³/mol. The third kappa shape index (κ3) is 2.14. The van der Waals surface area contributed by atoms with Crippen molar-refractivity contribution in [3.63, 3.8) is 0 Å². The molecule has 2 N–H and O–H groups in total. The Morgan fingerprint density at radius 2 is 1.85 bits per heavy atom. The van der Waals surface area contributed by atoms with Crippen LogP contribution in [0.1, 0.15) is 5.82 Å². The molecule has 0 saturated carbocycles. The van der Waals surface area contributed by atoms with E-state index in [2.05, 4.69) is 15.6 Å². The Morgan fingerprint density at radius 3 is 2.55 bits per heavy atom. The molecule has 0 aliphatic rings. The van der Waals surface area contributed by atoms with Gasteiger partial charge in [-0.3, -0.25) is 4.57 Å². The van der Waals surface area contributed by atoms with Gasteiger partial charge in [0.15, 0.2) is 0 Å². The van der Waals surface area contributed by atoms with Gasteiger partial charge in [0.2, 0.25) is 0 Å². The zero-order valence-corrected chi connectivity index (χ0v) is 11.4. The van der Waals surface area contributed by atoms with Gasteiger partial charge in [-0.25, -0.2) is 4.98 Å². The number of rotatable bonds is 4. The van der Waals surface area contributed by atoms with Gasteiger partial charge in [0.1, 0.15) is 11.6 Å². The Kier molecular flexibility index (Phi) is 3.39. The number of methoxy groups -OCH3 is 1. The van der Waals surface area contributed by atoms with Gasteiger partial charge in [-0.15, -0.1) is 0 Å². The number of nitrogens with two attached hydrogens (primary N) is 1. The van der Waals surface area contributed by atoms with E-state index >= 15 is 0 Å². The summed E-state index contributed by atoms with van der Waals surface area (Å²) in [4.78, 5) is 4.67. The fourth-order valence-electron chi connectivity index (χ4n) is 2.39. The van der Waals surface area contributed by atoms with E-state index in [-0.39, 0.29) is 0 Å². The van der Waals surface area contributed by atoms with E-state index in [4.69, 9.17) is 10.5 Å². The lowest BCUT2D eigenvalue weighted by molar-refractivity contribution is 0.414. The molecule has 1 heterocycles. The summed E-state index contributed by atoms with van der Waals surface area (Å²) in [6.45, 7) is 0.583. The number of ether oxygens (including phenoxy) is 1. The molecule has 4 nitrogen and oxygen atoms in total. The lowest BCUT2D eigenvalue weighted by atomic mass is 10.2. The van der Waals surface area contributed by atoms with E-state index in [1.807, 2.05) is 42.5 Å². The van der Waals surface area contributed by atoms with Crippen LogP contribution in [0.2, 0.25) is 0 Å². The second-order valence-corrected chi connectivity index (χ2v) is 4.59. The molecule has 1 aromatic heterocycles. The van der Waals surface area contributed by atoms with Gasteiger partial charge in [-0.2, -0.15) is 0 Å². The first-order chi connectivity index (χ1) is 9.83. The van der Waals surface area contributed by atoms with Crippen molar-refractivity contribution in [1.29, 1.82) is 0 Å². The molecule has 0 unspecified atom stereocenters. The van der Waals surface area contributed by atoms with E-state index < -0.39 is 0 Å². The molecule has 2 aromatic carbocycles. The SMILES string of the molecule is COc1ccc(-n2c(CCN)nc3ccccc32)cc1. The lowest BCUT2D eigenvalue weighted by Gasteiger charge is -2.09. The first kappa shape index (κ1) is 12.7. The summed E-state index contributed by atoms with van der Waals surface area (Å²) in [5.74, 6) is 1.83. The molecular formula is C16H17N3O. The molecule has 0 spiro atoms. The number of hydrogen-bond donors (Lipinski definition) is 1. The van der Waals surface area contributed by atoms with Gasteiger partial charge in [-0.1, -0.05) is 12.1 Å². The summed E-state index contributed by atoms with van der Waals surface area (Å²) in [6.07, 6.45) is 0.751. The second kappa shape index (κ2) is 5.35. The van der Waals surface area contributed by atoms with E-state index in [1.54, 1.807) is 7.11 Å². The van der Waals surface area contributed by atoms with Crippen molar-refractivity contribution in [2.45, 2.75) is 6.42 Å². The highest BCUT2D eigenvalue weighted by molar-refractivity contribution is 5.78. The zero-order valence-electron chi connectivity index (χ0n) is 11.4. The quantitative estimate of drug-likeness (QED) is 0.790. The van der Waals surface area contributed by atoms with E-state index in [1.165, 1.54) is 0 Å². The molecule has 0 bridgehead atoms. The maximum atomic E-state index is 5.70. The highest BCUT2D eigenvalue weighted by atomic mass is 16.5. The average molecular weight is 267 g/mol. The summed E-state index contributed by atoms with van der Waals surface area (Å²) in [5.41, 5.74) is 8.86. The van der Waals surface area contributed by atoms with Gasteiger partial charge in [-0.05, 0) is 42.9 Å². The van der Waals surface area contributed by atoms with E-state index in [9.17, 15) is 0 Å². The van der Waals surface area contributed by atoms with Crippen LogP contribution in [0.15, 0.2) is 48.5 Å². The predicted octanol–water partition coefficient (Wildman–Crippen LogP) is 2.54. The van der Waals surface area contributed by atoms with Crippen molar-refractivity contribution >= 4 is 11.0 Å². The molecule has 0 saturated heterocycles. The second-order valence-electron chi connectivity index (χ2n) is 4.59. The van der Waals surface area contributed by atoms with Crippen LogP contribution in [0.5, 0.6) is 5.75 Å².